The number of hydrogen-bond donors (Lipinski definition) is 0. The molecule has 1 rings (SSSR count). The minimum Gasteiger partial charge on any atom is -0.365 e. The van der Waals surface area contributed by atoms with E-state index in [9.17, 15) is 4.79 Å². The molecule has 1 saturated heterocycles. The van der Waals surface area contributed by atoms with Crippen LogP contribution in [0.4, 0.5) is 0 Å². The number of ether oxygens (including phenoxy) is 1. The van der Waals surface area contributed by atoms with Crippen LogP contribution in [0.2, 0.25) is 0 Å². The van der Waals surface area contributed by atoms with Crippen LogP contribution in [0.15, 0.2) is 0 Å². The van der Waals surface area contributed by atoms with Crippen LogP contribution < -0.4 is 0 Å². The zero-order valence-electron chi connectivity index (χ0n) is 10.3. The lowest BCUT2D eigenvalue weighted by atomic mass is 10.0. The molecule has 94 valence electrons. The summed E-state index contributed by atoms with van der Waals surface area (Å²) in [6.07, 6.45) is 4.04. The van der Waals surface area contributed by atoms with Gasteiger partial charge >= 0.3 is 0 Å². The zero-order chi connectivity index (χ0) is 12.0. The molecule has 1 fully saturated rings. The van der Waals surface area contributed by atoms with E-state index < -0.39 is 5.60 Å². The third-order valence-corrected chi connectivity index (χ3v) is 3.45. The van der Waals surface area contributed by atoms with Crippen molar-refractivity contribution in [3.63, 3.8) is 0 Å². The molecule has 0 aliphatic carbocycles. The summed E-state index contributed by atoms with van der Waals surface area (Å²) in [7, 11) is 0. The number of rotatable bonds is 6. The zero-order valence-corrected chi connectivity index (χ0v) is 11.9. The first kappa shape index (κ1) is 14.0. The van der Waals surface area contributed by atoms with E-state index in [-0.39, 0.29) is 5.91 Å². The number of nitrogens with zero attached hydrogens (tertiary/aromatic N) is 1. The van der Waals surface area contributed by atoms with E-state index in [2.05, 4.69) is 22.9 Å². The van der Waals surface area contributed by atoms with E-state index in [1.54, 1.807) is 0 Å². The molecule has 1 atom stereocenters. The van der Waals surface area contributed by atoms with Gasteiger partial charge in [0.25, 0.3) is 5.91 Å². The lowest BCUT2D eigenvalue weighted by molar-refractivity contribution is -0.150. The first-order chi connectivity index (χ1) is 7.64. The van der Waals surface area contributed by atoms with Crippen LogP contribution in [0.3, 0.4) is 0 Å². The molecule has 1 amide bonds. The largest absolute Gasteiger partial charge is 0.365 e. The Morgan fingerprint density at radius 3 is 2.75 bits per heavy atom. The Kier molecular flexibility index (Phi) is 5.76. The summed E-state index contributed by atoms with van der Waals surface area (Å²) in [6, 6.07) is 0. The van der Waals surface area contributed by atoms with Crippen molar-refractivity contribution in [3.05, 3.63) is 0 Å². The van der Waals surface area contributed by atoms with Crippen molar-refractivity contribution >= 4 is 21.8 Å². The van der Waals surface area contributed by atoms with Gasteiger partial charge in [-0.05, 0) is 26.2 Å². The Balaban J connectivity index is 2.58. The van der Waals surface area contributed by atoms with Crippen molar-refractivity contribution in [1.29, 1.82) is 0 Å². The normalized spacial score (nSPS) is 24.7. The Bertz CT molecular complexity index is 227. The van der Waals surface area contributed by atoms with E-state index >= 15 is 0 Å². The highest BCUT2D eigenvalue weighted by Crippen LogP contribution is 2.27. The van der Waals surface area contributed by atoms with E-state index in [1.165, 1.54) is 0 Å². The lowest BCUT2D eigenvalue weighted by Gasteiger charge is -2.30. The van der Waals surface area contributed by atoms with Gasteiger partial charge in [0.2, 0.25) is 0 Å². The van der Waals surface area contributed by atoms with Crippen molar-refractivity contribution in [3.8, 4) is 0 Å². The number of hydrogen-bond acceptors (Lipinski definition) is 2. The Hall–Kier alpha value is -0.0900. The van der Waals surface area contributed by atoms with Gasteiger partial charge in [-0.2, -0.15) is 0 Å². The van der Waals surface area contributed by atoms with Crippen molar-refractivity contribution in [2.24, 2.45) is 0 Å². The molecule has 0 radical (unpaired) electrons. The molecular formula is C12H22BrNO2. The molecule has 0 aromatic heterocycles. The van der Waals surface area contributed by atoms with Crippen LogP contribution in [0.5, 0.6) is 0 Å². The predicted octanol–water partition coefficient (Wildman–Crippen LogP) is 2.58. The summed E-state index contributed by atoms with van der Waals surface area (Å²) in [6.45, 7) is 6.41. The maximum Gasteiger partial charge on any atom is 0.254 e. The van der Waals surface area contributed by atoms with Crippen LogP contribution in [0.1, 0.15) is 39.5 Å². The first-order valence-corrected chi connectivity index (χ1v) is 7.25. The van der Waals surface area contributed by atoms with E-state index in [0.29, 0.717) is 0 Å². The number of carbonyl (C=O) groups is 1. The number of alkyl halides is 1. The summed E-state index contributed by atoms with van der Waals surface area (Å²) >= 11 is 3.40. The van der Waals surface area contributed by atoms with E-state index in [0.717, 1.165) is 50.7 Å². The first-order valence-electron chi connectivity index (χ1n) is 6.13. The van der Waals surface area contributed by atoms with Crippen LogP contribution in [-0.2, 0) is 9.53 Å². The maximum absolute atomic E-state index is 12.3. The predicted molar refractivity (Wildman–Crippen MR) is 68.9 cm³/mol. The second-order valence-electron chi connectivity index (χ2n) is 4.52. The van der Waals surface area contributed by atoms with Crippen LogP contribution in [0.25, 0.3) is 0 Å². The quantitative estimate of drug-likeness (QED) is 0.704. The molecule has 1 aliphatic heterocycles. The SMILES string of the molecule is CCCCN(CCBr)C(=O)C1(C)CCCO1. The molecule has 1 heterocycles. The van der Waals surface area contributed by atoms with Crippen LogP contribution >= 0.6 is 15.9 Å². The van der Waals surface area contributed by atoms with Gasteiger partial charge in [0.1, 0.15) is 5.60 Å². The molecular weight excluding hydrogens is 270 g/mol. The molecule has 1 unspecified atom stereocenters. The Morgan fingerprint density at radius 2 is 2.25 bits per heavy atom. The number of halogens is 1. The van der Waals surface area contributed by atoms with Crippen molar-refractivity contribution in [2.45, 2.75) is 45.1 Å². The summed E-state index contributed by atoms with van der Waals surface area (Å²) < 4.78 is 5.60. The lowest BCUT2D eigenvalue weighted by Crippen LogP contribution is -2.47. The van der Waals surface area contributed by atoms with Crippen LogP contribution in [0, 0.1) is 0 Å². The fraction of sp³-hybridized carbons (Fsp3) is 0.917. The molecule has 0 saturated carbocycles. The van der Waals surface area contributed by atoms with Gasteiger partial charge in [0.05, 0.1) is 0 Å². The average Bonchev–Trinajstić information content (AvgIpc) is 2.72. The number of carbonyl (C=O) groups excluding carboxylic acids is 1. The summed E-state index contributed by atoms with van der Waals surface area (Å²) in [5.41, 5.74) is -0.560. The monoisotopic (exact) mass is 291 g/mol. The Labute approximate surface area is 107 Å². The van der Waals surface area contributed by atoms with Crippen molar-refractivity contribution < 1.29 is 9.53 Å². The Morgan fingerprint density at radius 1 is 1.50 bits per heavy atom. The van der Waals surface area contributed by atoms with E-state index in [1.807, 2.05) is 11.8 Å². The number of amides is 1. The van der Waals surface area contributed by atoms with Gasteiger partial charge in [-0.1, -0.05) is 29.3 Å². The molecule has 3 nitrogen and oxygen atoms in total. The third kappa shape index (κ3) is 3.45. The minimum atomic E-state index is -0.560. The highest BCUT2D eigenvalue weighted by Gasteiger charge is 2.40. The highest BCUT2D eigenvalue weighted by molar-refractivity contribution is 9.09. The van der Waals surface area contributed by atoms with Gasteiger partial charge in [-0.3, -0.25) is 4.79 Å². The molecule has 0 N–H and O–H groups in total. The molecule has 4 heteroatoms. The van der Waals surface area contributed by atoms with Crippen molar-refractivity contribution in [2.75, 3.05) is 25.0 Å². The molecule has 0 aromatic carbocycles. The minimum absolute atomic E-state index is 0.165. The molecule has 0 spiro atoms. The van der Waals surface area contributed by atoms with E-state index in [4.69, 9.17) is 4.74 Å². The van der Waals surface area contributed by atoms with Gasteiger partial charge in [-0.15, -0.1) is 0 Å². The molecule has 16 heavy (non-hydrogen) atoms. The summed E-state index contributed by atoms with van der Waals surface area (Å²) in [5, 5.41) is 0.832. The third-order valence-electron chi connectivity index (χ3n) is 3.09. The van der Waals surface area contributed by atoms with Gasteiger partial charge in [0, 0.05) is 25.0 Å². The van der Waals surface area contributed by atoms with Crippen LogP contribution in [-0.4, -0.2) is 41.4 Å². The highest BCUT2D eigenvalue weighted by atomic mass is 79.9. The summed E-state index contributed by atoms with van der Waals surface area (Å²) in [4.78, 5) is 14.3. The topological polar surface area (TPSA) is 29.5 Å². The van der Waals surface area contributed by atoms with Gasteiger partial charge in [-0.25, -0.2) is 0 Å². The summed E-state index contributed by atoms with van der Waals surface area (Å²) in [5.74, 6) is 0.165. The number of unbranched alkanes of at least 4 members (excludes halogenated alkanes) is 1. The second-order valence-corrected chi connectivity index (χ2v) is 5.31. The molecule has 0 bridgehead atoms. The van der Waals surface area contributed by atoms with Gasteiger partial charge < -0.3 is 9.64 Å². The fourth-order valence-electron chi connectivity index (χ4n) is 2.05. The maximum atomic E-state index is 12.3. The fourth-order valence-corrected chi connectivity index (χ4v) is 2.48. The smallest absolute Gasteiger partial charge is 0.254 e. The van der Waals surface area contributed by atoms with Crippen molar-refractivity contribution in [1.82, 2.24) is 4.90 Å². The van der Waals surface area contributed by atoms with Gasteiger partial charge in [0.15, 0.2) is 0 Å². The average molecular weight is 292 g/mol. The molecule has 1 aliphatic rings. The molecule has 0 aromatic rings. The standard InChI is InChI=1S/C12H22BrNO2/c1-3-4-8-14(9-7-13)11(15)12(2)6-5-10-16-12/h3-10H2,1-2H3. The second kappa shape index (κ2) is 6.60.